The Kier molecular flexibility index (Phi) is 13.5. The number of nitrogens with one attached hydrogen (secondary N) is 1. The number of hydrogen-bond donors (Lipinski definition) is 1. The van der Waals surface area contributed by atoms with E-state index in [1.807, 2.05) is 72.8 Å². The zero-order chi connectivity index (χ0) is 37.4. The van der Waals surface area contributed by atoms with Crippen molar-refractivity contribution in [1.82, 2.24) is 14.2 Å². The molecule has 1 fully saturated rings. The van der Waals surface area contributed by atoms with Crippen LogP contribution in [0.4, 0.5) is 5.82 Å². The molecule has 2 heterocycles. The summed E-state index contributed by atoms with van der Waals surface area (Å²) in [6, 6.07) is 28.5. The summed E-state index contributed by atoms with van der Waals surface area (Å²) in [7, 11) is 2.32. The molecule has 3 aromatic carbocycles. The second-order valence-electron chi connectivity index (χ2n) is 14.1. The number of ether oxygens (including phenoxy) is 4. The summed E-state index contributed by atoms with van der Waals surface area (Å²) in [6.07, 6.45) is 0.790. The minimum atomic E-state index is -1.03. The van der Waals surface area contributed by atoms with Crippen LogP contribution >= 0.6 is 8.30 Å². The molecule has 1 aliphatic heterocycles. The molecule has 4 atom stereocenters. The van der Waals surface area contributed by atoms with Crippen LogP contribution in [0.5, 0.6) is 11.5 Å². The van der Waals surface area contributed by atoms with Gasteiger partial charge in [-0.3, -0.25) is 9.24 Å². The first-order chi connectivity index (χ1) is 25.0. The van der Waals surface area contributed by atoms with Crippen LogP contribution < -0.4 is 20.5 Å². The van der Waals surface area contributed by atoms with Crippen LogP contribution in [0.25, 0.3) is 0 Å². The van der Waals surface area contributed by atoms with E-state index in [0.29, 0.717) is 18.2 Å². The topological polar surface area (TPSA) is 96.3 Å². The highest BCUT2D eigenvalue weighted by molar-refractivity contribution is 7.49. The Morgan fingerprint density at radius 2 is 1.42 bits per heavy atom. The molecule has 52 heavy (non-hydrogen) atoms. The van der Waals surface area contributed by atoms with Gasteiger partial charge >= 0.3 is 5.69 Å². The van der Waals surface area contributed by atoms with Crippen LogP contribution in [-0.4, -0.2) is 72.5 Å². The number of anilines is 1. The maximum atomic E-state index is 13.4. The summed E-state index contributed by atoms with van der Waals surface area (Å²) in [5.41, 5.74) is 1.38. The van der Waals surface area contributed by atoms with Gasteiger partial charge in [0.15, 0.2) is 0 Å². The van der Waals surface area contributed by atoms with Crippen molar-refractivity contribution >= 4 is 14.1 Å². The Morgan fingerprint density at radius 3 is 1.92 bits per heavy atom. The first-order valence-corrected chi connectivity index (χ1v) is 19.8. The molecule has 1 unspecified atom stereocenters. The molecule has 1 N–H and O–H groups in total. The number of aromatic nitrogens is 2. The summed E-state index contributed by atoms with van der Waals surface area (Å²) < 4.78 is 36.0. The molecule has 4 aromatic rings. The van der Waals surface area contributed by atoms with E-state index in [4.69, 9.17) is 23.5 Å². The third-order valence-corrected chi connectivity index (χ3v) is 11.5. The summed E-state index contributed by atoms with van der Waals surface area (Å²) in [5.74, 6) is 2.46. The molecule has 1 aliphatic rings. The Hall–Kier alpha value is -3.79. The molecule has 280 valence electrons. The van der Waals surface area contributed by atoms with E-state index in [1.54, 1.807) is 25.0 Å². The average molecular weight is 731 g/mol. The summed E-state index contributed by atoms with van der Waals surface area (Å²) in [4.78, 5) is 17.7. The Bertz CT molecular complexity index is 1690. The van der Waals surface area contributed by atoms with Crippen molar-refractivity contribution in [2.24, 2.45) is 5.92 Å². The van der Waals surface area contributed by atoms with Crippen molar-refractivity contribution in [2.45, 2.75) is 84.1 Å². The molecule has 1 saturated heterocycles. The lowest BCUT2D eigenvalue weighted by Gasteiger charge is -2.39. The minimum Gasteiger partial charge on any atom is -0.497 e. The Balaban J connectivity index is 1.54. The molecule has 1 aromatic heterocycles. The molecule has 5 rings (SSSR count). The number of benzene rings is 3. The zero-order valence-electron chi connectivity index (χ0n) is 32.0. The molecule has 0 aliphatic carbocycles. The number of nitrogens with zero attached hydrogens (tertiary/aromatic N) is 3. The summed E-state index contributed by atoms with van der Waals surface area (Å²) in [6.45, 7) is 16.0. The van der Waals surface area contributed by atoms with Crippen molar-refractivity contribution < 1.29 is 23.5 Å². The third kappa shape index (κ3) is 9.04. The average Bonchev–Trinajstić information content (AvgIpc) is 3.53. The number of methoxy groups -OCH3 is 2. The fourth-order valence-corrected chi connectivity index (χ4v) is 8.97. The van der Waals surface area contributed by atoms with Gasteiger partial charge in [-0.25, -0.2) is 4.79 Å². The molecule has 0 radical (unpaired) electrons. The van der Waals surface area contributed by atoms with Crippen LogP contribution in [0.15, 0.2) is 95.9 Å². The maximum absolute atomic E-state index is 13.4. The van der Waals surface area contributed by atoms with Gasteiger partial charge in [0, 0.05) is 31.2 Å². The van der Waals surface area contributed by atoms with Crippen LogP contribution in [0.3, 0.4) is 0 Å². The van der Waals surface area contributed by atoms with Gasteiger partial charge in [0.2, 0.25) is 0 Å². The predicted octanol–water partition coefficient (Wildman–Crippen LogP) is 8.07. The monoisotopic (exact) mass is 730 g/mol. The second-order valence-corrected chi connectivity index (χ2v) is 15.7. The quantitative estimate of drug-likeness (QED) is 0.0855. The molecular formula is C41H55N4O6P. The number of hydrogen-bond acceptors (Lipinski definition) is 9. The van der Waals surface area contributed by atoms with Crippen molar-refractivity contribution in [3.8, 4) is 11.5 Å². The summed E-state index contributed by atoms with van der Waals surface area (Å²) >= 11 is 0. The van der Waals surface area contributed by atoms with Gasteiger partial charge in [0.25, 0.3) is 0 Å². The van der Waals surface area contributed by atoms with Gasteiger partial charge in [-0.05, 0) is 87.3 Å². The highest BCUT2D eigenvalue weighted by atomic mass is 31.2. The smallest absolute Gasteiger partial charge is 0.351 e. The SMILES string of the molecule is COc1ccc(C(OC[C@H]2O[C@@H](n3ccc(NCC(C)C)nc3=O)C[C@@H]2OP(C)N(C(C)C)C(C)C)(c2ccccc2)c2ccc(OC)cc2)cc1. The van der Waals surface area contributed by atoms with Gasteiger partial charge in [-0.15, -0.1) is 0 Å². The van der Waals surface area contributed by atoms with E-state index in [9.17, 15) is 4.79 Å². The van der Waals surface area contributed by atoms with E-state index in [1.165, 1.54) is 0 Å². The summed E-state index contributed by atoms with van der Waals surface area (Å²) in [5, 5.41) is 3.25. The Morgan fingerprint density at radius 1 is 0.865 bits per heavy atom. The van der Waals surface area contributed by atoms with E-state index in [0.717, 1.165) is 34.7 Å². The van der Waals surface area contributed by atoms with Crippen LogP contribution in [0, 0.1) is 5.92 Å². The number of rotatable bonds is 17. The molecule has 0 saturated carbocycles. The van der Waals surface area contributed by atoms with Gasteiger partial charge in [-0.1, -0.05) is 68.4 Å². The van der Waals surface area contributed by atoms with Gasteiger partial charge in [0.05, 0.1) is 26.9 Å². The van der Waals surface area contributed by atoms with Gasteiger partial charge in [0.1, 0.15) is 43.5 Å². The van der Waals surface area contributed by atoms with Crippen molar-refractivity contribution in [3.05, 3.63) is 118 Å². The fraction of sp³-hybridized carbons (Fsp3) is 0.463. The van der Waals surface area contributed by atoms with Crippen LogP contribution in [-0.2, 0) is 19.6 Å². The molecule has 11 heteroatoms. The van der Waals surface area contributed by atoms with E-state index < -0.39 is 26.2 Å². The lowest BCUT2D eigenvalue weighted by Crippen LogP contribution is -2.39. The van der Waals surface area contributed by atoms with Crippen molar-refractivity contribution in [1.29, 1.82) is 0 Å². The van der Waals surface area contributed by atoms with Crippen molar-refractivity contribution in [2.75, 3.05) is 39.4 Å². The Labute approximate surface area is 310 Å². The molecular weight excluding hydrogens is 675 g/mol. The van der Waals surface area contributed by atoms with E-state index in [2.05, 4.69) is 75.3 Å². The lowest BCUT2D eigenvalue weighted by molar-refractivity contribution is -0.0913. The second kappa shape index (κ2) is 17.8. The fourth-order valence-electron chi connectivity index (χ4n) is 6.95. The largest absolute Gasteiger partial charge is 0.497 e. The van der Waals surface area contributed by atoms with Crippen LogP contribution in [0.2, 0.25) is 0 Å². The first-order valence-electron chi connectivity index (χ1n) is 18.1. The molecule has 0 spiro atoms. The minimum absolute atomic E-state index is 0.177. The standard InChI is InChI=1S/C41H55N4O6P/c1-28(2)26-42-38-23-24-44(40(46)43-38)39-25-36(51-52(9)45(29(3)4)30(5)6)37(50-39)27-49-41(31-13-11-10-12-14-31,32-15-19-34(47-7)20-16-32)33-17-21-35(48-8)22-18-33/h10-24,28-30,36-37,39H,25-27H2,1-9H3,(H,42,43,46)/t36-,37+,39+,52?/m0/s1. The zero-order valence-corrected chi connectivity index (χ0v) is 32.9. The molecule has 10 nitrogen and oxygen atoms in total. The van der Waals surface area contributed by atoms with E-state index in [-0.39, 0.29) is 30.5 Å². The van der Waals surface area contributed by atoms with Gasteiger partial charge < -0.3 is 28.8 Å². The maximum Gasteiger partial charge on any atom is 0.351 e. The van der Waals surface area contributed by atoms with Gasteiger partial charge in [-0.2, -0.15) is 4.98 Å². The van der Waals surface area contributed by atoms with E-state index >= 15 is 0 Å². The normalized spacial score (nSPS) is 18.4. The molecule has 0 amide bonds. The third-order valence-electron chi connectivity index (χ3n) is 9.32. The highest BCUT2D eigenvalue weighted by Crippen LogP contribution is 2.47. The highest BCUT2D eigenvalue weighted by Gasteiger charge is 2.44. The predicted molar refractivity (Wildman–Crippen MR) is 208 cm³/mol. The van der Waals surface area contributed by atoms with Crippen LogP contribution in [0.1, 0.15) is 70.9 Å². The lowest BCUT2D eigenvalue weighted by atomic mass is 9.80. The first kappa shape index (κ1) is 39.4. The van der Waals surface area contributed by atoms with Crippen molar-refractivity contribution in [3.63, 3.8) is 0 Å². The molecule has 0 bridgehead atoms.